The molecule has 0 saturated heterocycles. The van der Waals surface area contributed by atoms with Crippen molar-refractivity contribution < 1.29 is 12.8 Å². The molecule has 0 aliphatic heterocycles. The summed E-state index contributed by atoms with van der Waals surface area (Å²) in [6, 6.07) is 15.1. The van der Waals surface area contributed by atoms with E-state index in [9.17, 15) is 12.8 Å². The number of halogens is 1. The zero-order chi connectivity index (χ0) is 16.4. The standard InChI is InChI=1S/C18H21FO2S/c1-18(2,3)15-11-9-14(10-12-15)17(19)13-22(20,21)16-7-5-4-6-8-16/h4-12,17H,13H2,1-3H3. The summed E-state index contributed by atoms with van der Waals surface area (Å²) in [5.74, 6) is -0.536. The number of hydrogen-bond acceptors (Lipinski definition) is 2. The van der Waals surface area contributed by atoms with Crippen molar-refractivity contribution >= 4 is 9.84 Å². The Morgan fingerprint density at radius 3 is 2.00 bits per heavy atom. The van der Waals surface area contributed by atoms with Crippen molar-refractivity contribution in [3.05, 3.63) is 65.7 Å². The second-order valence-corrected chi connectivity index (χ2v) is 8.47. The average molecular weight is 320 g/mol. The lowest BCUT2D eigenvalue weighted by atomic mass is 9.86. The number of rotatable bonds is 4. The molecule has 4 heteroatoms. The van der Waals surface area contributed by atoms with E-state index in [4.69, 9.17) is 0 Å². The van der Waals surface area contributed by atoms with Gasteiger partial charge in [-0.1, -0.05) is 63.2 Å². The van der Waals surface area contributed by atoms with Gasteiger partial charge < -0.3 is 0 Å². The first-order valence-corrected chi connectivity index (χ1v) is 8.88. The maximum atomic E-state index is 14.4. The molecule has 0 aromatic heterocycles. The minimum absolute atomic E-state index is 0.0134. The van der Waals surface area contributed by atoms with E-state index in [1.54, 1.807) is 30.3 Å². The minimum Gasteiger partial charge on any atom is -0.241 e. The van der Waals surface area contributed by atoms with Crippen LogP contribution in [0, 0.1) is 0 Å². The van der Waals surface area contributed by atoms with E-state index in [2.05, 4.69) is 20.8 Å². The Morgan fingerprint density at radius 2 is 1.50 bits per heavy atom. The highest BCUT2D eigenvalue weighted by atomic mass is 32.2. The van der Waals surface area contributed by atoms with Gasteiger partial charge in [0.05, 0.1) is 10.6 Å². The summed E-state index contributed by atoms with van der Waals surface area (Å²) < 4.78 is 38.8. The van der Waals surface area contributed by atoms with Crippen LogP contribution in [-0.4, -0.2) is 14.2 Å². The van der Waals surface area contributed by atoms with Gasteiger partial charge >= 0.3 is 0 Å². The van der Waals surface area contributed by atoms with Gasteiger partial charge in [-0.2, -0.15) is 0 Å². The topological polar surface area (TPSA) is 34.1 Å². The van der Waals surface area contributed by atoms with Gasteiger partial charge in [0.1, 0.15) is 6.17 Å². The third-order valence-corrected chi connectivity index (χ3v) is 5.33. The first-order valence-electron chi connectivity index (χ1n) is 7.22. The van der Waals surface area contributed by atoms with Crippen LogP contribution in [0.5, 0.6) is 0 Å². The lowest BCUT2D eigenvalue weighted by Gasteiger charge is -2.19. The van der Waals surface area contributed by atoms with Crippen molar-refractivity contribution in [2.75, 3.05) is 5.75 Å². The van der Waals surface area contributed by atoms with E-state index in [1.807, 2.05) is 12.1 Å². The van der Waals surface area contributed by atoms with Crippen LogP contribution in [0.4, 0.5) is 4.39 Å². The summed E-state index contributed by atoms with van der Waals surface area (Å²) in [7, 11) is -3.62. The Kier molecular flexibility index (Phi) is 4.71. The van der Waals surface area contributed by atoms with E-state index in [1.165, 1.54) is 12.1 Å². The van der Waals surface area contributed by atoms with Crippen molar-refractivity contribution in [1.82, 2.24) is 0 Å². The van der Waals surface area contributed by atoms with Gasteiger partial charge in [0, 0.05) is 0 Å². The SMILES string of the molecule is CC(C)(C)c1ccc(C(F)CS(=O)(=O)c2ccccc2)cc1. The molecule has 118 valence electrons. The highest BCUT2D eigenvalue weighted by Gasteiger charge is 2.22. The lowest BCUT2D eigenvalue weighted by Crippen LogP contribution is -2.13. The highest BCUT2D eigenvalue weighted by molar-refractivity contribution is 7.91. The summed E-state index contributed by atoms with van der Waals surface area (Å²) in [5.41, 5.74) is 1.47. The molecular weight excluding hydrogens is 299 g/mol. The molecule has 0 saturated carbocycles. The Morgan fingerprint density at radius 1 is 0.955 bits per heavy atom. The highest BCUT2D eigenvalue weighted by Crippen LogP contribution is 2.27. The van der Waals surface area contributed by atoms with Crippen molar-refractivity contribution in [3.8, 4) is 0 Å². The Hall–Kier alpha value is -1.68. The largest absolute Gasteiger partial charge is 0.241 e. The molecule has 0 heterocycles. The van der Waals surface area contributed by atoms with Crippen molar-refractivity contribution in [2.45, 2.75) is 37.3 Å². The lowest BCUT2D eigenvalue weighted by molar-refractivity contribution is 0.374. The van der Waals surface area contributed by atoms with Crippen LogP contribution < -0.4 is 0 Å². The van der Waals surface area contributed by atoms with E-state index < -0.39 is 21.8 Å². The molecule has 0 spiro atoms. The number of sulfone groups is 1. The minimum atomic E-state index is -3.62. The summed E-state index contributed by atoms with van der Waals surface area (Å²) in [6.07, 6.45) is -1.53. The summed E-state index contributed by atoms with van der Waals surface area (Å²) in [6.45, 7) is 6.23. The van der Waals surface area contributed by atoms with Crippen LogP contribution in [0.15, 0.2) is 59.5 Å². The van der Waals surface area contributed by atoms with Crippen LogP contribution in [-0.2, 0) is 15.3 Å². The van der Waals surface area contributed by atoms with Gasteiger partial charge in [0.2, 0.25) is 0 Å². The van der Waals surface area contributed by atoms with Crippen LogP contribution >= 0.6 is 0 Å². The van der Waals surface area contributed by atoms with Crippen molar-refractivity contribution in [1.29, 1.82) is 0 Å². The molecule has 0 amide bonds. The second kappa shape index (κ2) is 6.21. The molecule has 22 heavy (non-hydrogen) atoms. The third-order valence-electron chi connectivity index (χ3n) is 3.61. The molecule has 1 unspecified atom stereocenters. The Labute approximate surface area is 131 Å². The third kappa shape index (κ3) is 3.95. The van der Waals surface area contributed by atoms with Gasteiger partial charge in [-0.05, 0) is 28.7 Å². The van der Waals surface area contributed by atoms with Crippen molar-refractivity contribution in [3.63, 3.8) is 0 Å². The maximum absolute atomic E-state index is 14.4. The molecule has 2 aromatic carbocycles. The first-order chi connectivity index (χ1) is 10.2. The fourth-order valence-corrected chi connectivity index (χ4v) is 3.55. The van der Waals surface area contributed by atoms with Gasteiger partial charge in [-0.3, -0.25) is 0 Å². The van der Waals surface area contributed by atoms with Crippen LogP contribution in [0.1, 0.15) is 38.1 Å². The molecule has 0 fully saturated rings. The van der Waals surface area contributed by atoms with Crippen LogP contribution in [0.2, 0.25) is 0 Å². The zero-order valence-corrected chi connectivity index (χ0v) is 13.9. The molecule has 0 N–H and O–H groups in total. The smallest absolute Gasteiger partial charge is 0.181 e. The summed E-state index contributed by atoms with van der Waals surface area (Å²) in [5, 5.41) is 0. The molecule has 2 aromatic rings. The molecular formula is C18H21FO2S. The van der Waals surface area contributed by atoms with E-state index in [0.29, 0.717) is 5.56 Å². The first kappa shape index (κ1) is 16.7. The molecule has 0 radical (unpaired) electrons. The van der Waals surface area contributed by atoms with Gasteiger partial charge in [0.25, 0.3) is 0 Å². The summed E-state index contributed by atoms with van der Waals surface area (Å²) >= 11 is 0. The van der Waals surface area contributed by atoms with E-state index >= 15 is 0 Å². The average Bonchev–Trinajstić information content (AvgIpc) is 2.47. The quantitative estimate of drug-likeness (QED) is 0.833. The van der Waals surface area contributed by atoms with E-state index in [0.717, 1.165) is 5.56 Å². The number of alkyl halides is 1. The molecule has 1 atom stereocenters. The Balaban J connectivity index is 2.17. The second-order valence-electron chi connectivity index (χ2n) is 6.43. The van der Waals surface area contributed by atoms with E-state index in [-0.39, 0.29) is 10.3 Å². The number of hydrogen-bond donors (Lipinski definition) is 0. The monoisotopic (exact) mass is 320 g/mol. The molecule has 2 rings (SSSR count). The predicted octanol–water partition coefficient (Wildman–Crippen LogP) is 4.47. The molecule has 2 nitrogen and oxygen atoms in total. The van der Waals surface area contributed by atoms with Crippen molar-refractivity contribution in [2.24, 2.45) is 0 Å². The van der Waals surface area contributed by atoms with Gasteiger partial charge in [0.15, 0.2) is 9.84 Å². The van der Waals surface area contributed by atoms with Gasteiger partial charge in [-0.15, -0.1) is 0 Å². The molecule has 0 bridgehead atoms. The fourth-order valence-electron chi connectivity index (χ4n) is 2.20. The summed E-state index contributed by atoms with van der Waals surface area (Å²) in [4.78, 5) is 0.156. The molecule has 0 aliphatic rings. The normalized spacial score (nSPS) is 13.8. The van der Waals surface area contributed by atoms with Crippen LogP contribution in [0.3, 0.4) is 0 Å². The van der Waals surface area contributed by atoms with Gasteiger partial charge in [-0.25, -0.2) is 12.8 Å². The van der Waals surface area contributed by atoms with Crippen LogP contribution in [0.25, 0.3) is 0 Å². The maximum Gasteiger partial charge on any atom is 0.181 e. The number of benzene rings is 2. The Bertz CT molecular complexity index is 714. The predicted molar refractivity (Wildman–Crippen MR) is 87.5 cm³/mol. The fraction of sp³-hybridized carbons (Fsp3) is 0.333. The zero-order valence-electron chi connectivity index (χ0n) is 13.1. The molecule has 0 aliphatic carbocycles.